The zero-order valence-electron chi connectivity index (χ0n) is 12.1. The van der Waals surface area contributed by atoms with Crippen molar-refractivity contribution in [2.45, 2.75) is 42.8 Å². The Bertz CT molecular complexity index is 585. The number of rotatable bonds is 3. The van der Waals surface area contributed by atoms with Crippen molar-refractivity contribution in [3.63, 3.8) is 0 Å². The molecule has 0 aliphatic heterocycles. The molecule has 21 heavy (non-hydrogen) atoms. The third-order valence-corrected chi connectivity index (χ3v) is 5.51. The smallest absolute Gasteiger partial charge is 0.127 e. The summed E-state index contributed by atoms with van der Waals surface area (Å²) in [5.74, 6) is 0.561. The van der Waals surface area contributed by atoms with Gasteiger partial charge in [0, 0.05) is 5.56 Å². The fourth-order valence-corrected chi connectivity index (χ4v) is 3.91. The number of benzene rings is 2. The van der Waals surface area contributed by atoms with Gasteiger partial charge in [0.15, 0.2) is 0 Å². The van der Waals surface area contributed by atoms with Crippen LogP contribution < -0.4 is 0 Å². The molecule has 1 fully saturated rings. The van der Waals surface area contributed by atoms with E-state index in [0.717, 1.165) is 11.5 Å². The van der Waals surface area contributed by atoms with E-state index in [4.69, 9.17) is 0 Å². The summed E-state index contributed by atoms with van der Waals surface area (Å²) in [4.78, 5) is -0.0842. The molecule has 1 saturated carbocycles. The summed E-state index contributed by atoms with van der Waals surface area (Å²) in [5, 5.41) is 0. The lowest BCUT2D eigenvalue weighted by Gasteiger charge is -2.22. The van der Waals surface area contributed by atoms with Gasteiger partial charge >= 0.3 is 0 Å². The molecule has 2 heteroatoms. The number of halogens is 2. The lowest BCUT2D eigenvalue weighted by Crippen LogP contribution is -2.04. The monoisotopic (exact) mass is 346 g/mol. The molecule has 0 saturated heterocycles. The van der Waals surface area contributed by atoms with Crippen LogP contribution in [0.4, 0.5) is 4.39 Å². The van der Waals surface area contributed by atoms with Crippen LogP contribution in [0.5, 0.6) is 0 Å². The number of hydrogen-bond acceptors (Lipinski definition) is 0. The van der Waals surface area contributed by atoms with Gasteiger partial charge in [-0.2, -0.15) is 0 Å². The molecule has 0 nitrogen and oxygen atoms in total. The highest BCUT2D eigenvalue weighted by Crippen LogP contribution is 2.36. The van der Waals surface area contributed by atoms with E-state index < -0.39 is 0 Å². The van der Waals surface area contributed by atoms with Gasteiger partial charge in [-0.05, 0) is 36.0 Å². The van der Waals surface area contributed by atoms with Crippen molar-refractivity contribution in [3.8, 4) is 0 Å². The van der Waals surface area contributed by atoms with Gasteiger partial charge in [-0.25, -0.2) is 4.39 Å². The SMILES string of the molecule is Fc1ccccc1C(Br)c1ccc(C2CCCCC2)cc1. The molecule has 0 radical (unpaired) electrons. The zero-order valence-corrected chi connectivity index (χ0v) is 13.7. The highest BCUT2D eigenvalue weighted by atomic mass is 79.9. The van der Waals surface area contributed by atoms with E-state index in [1.807, 2.05) is 12.1 Å². The predicted octanol–water partition coefficient (Wildman–Crippen LogP) is 6.36. The van der Waals surface area contributed by atoms with Crippen molar-refractivity contribution in [3.05, 3.63) is 71.0 Å². The third kappa shape index (κ3) is 3.37. The van der Waals surface area contributed by atoms with Gasteiger partial charge in [-0.15, -0.1) is 0 Å². The molecule has 2 aromatic rings. The number of hydrogen-bond donors (Lipinski definition) is 0. The summed E-state index contributed by atoms with van der Waals surface area (Å²) in [6.45, 7) is 0. The standard InChI is InChI=1S/C19H20BrF/c20-19(17-8-4-5-9-18(17)21)16-12-10-15(11-13-16)14-6-2-1-3-7-14/h4-5,8-14,19H,1-3,6-7H2. The highest BCUT2D eigenvalue weighted by molar-refractivity contribution is 9.09. The molecule has 0 spiro atoms. The molecular weight excluding hydrogens is 327 g/mol. The van der Waals surface area contributed by atoms with Crippen LogP contribution in [0.1, 0.15) is 59.5 Å². The Hall–Kier alpha value is -1.15. The second kappa shape index (κ2) is 6.74. The van der Waals surface area contributed by atoms with Crippen LogP contribution in [0.25, 0.3) is 0 Å². The van der Waals surface area contributed by atoms with Crippen LogP contribution in [0.2, 0.25) is 0 Å². The molecule has 0 heterocycles. The minimum Gasteiger partial charge on any atom is -0.207 e. The summed E-state index contributed by atoms with van der Waals surface area (Å²) in [7, 11) is 0. The average molecular weight is 347 g/mol. The van der Waals surface area contributed by atoms with E-state index in [2.05, 4.69) is 40.2 Å². The van der Waals surface area contributed by atoms with E-state index >= 15 is 0 Å². The summed E-state index contributed by atoms with van der Waals surface area (Å²) in [6, 6.07) is 15.7. The first kappa shape index (κ1) is 14.8. The van der Waals surface area contributed by atoms with E-state index in [9.17, 15) is 4.39 Å². The Morgan fingerprint density at radius 2 is 1.57 bits per heavy atom. The Balaban J connectivity index is 1.79. The van der Waals surface area contributed by atoms with Crippen molar-refractivity contribution in [2.24, 2.45) is 0 Å². The quantitative estimate of drug-likeness (QED) is 0.567. The molecule has 2 aromatic carbocycles. The predicted molar refractivity (Wildman–Crippen MR) is 89.4 cm³/mol. The highest BCUT2D eigenvalue weighted by Gasteiger charge is 2.17. The molecule has 110 valence electrons. The molecule has 0 aromatic heterocycles. The summed E-state index contributed by atoms with van der Waals surface area (Å²) in [5.41, 5.74) is 3.24. The Morgan fingerprint density at radius 1 is 0.905 bits per heavy atom. The maximum atomic E-state index is 13.9. The number of alkyl halides is 1. The molecule has 1 atom stereocenters. The summed E-state index contributed by atoms with van der Waals surface area (Å²) in [6.07, 6.45) is 6.70. The van der Waals surface area contributed by atoms with Gasteiger partial charge in [-0.3, -0.25) is 0 Å². The lowest BCUT2D eigenvalue weighted by atomic mass is 9.84. The Kier molecular flexibility index (Phi) is 4.74. The minimum atomic E-state index is -0.157. The molecule has 1 aliphatic rings. The van der Waals surface area contributed by atoms with E-state index in [0.29, 0.717) is 5.56 Å². The van der Waals surface area contributed by atoms with Gasteiger partial charge in [0.25, 0.3) is 0 Å². The van der Waals surface area contributed by atoms with Crippen molar-refractivity contribution in [2.75, 3.05) is 0 Å². The van der Waals surface area contributed by atoms with Crippen molar-refractivity contribution in [1.82, 2.24) is 0 Å². The second-order valence-electron chi connectivity index (χ2n) is 5.89. The first-order valence-electron chi connectivity index (χ1n) is 7.74. The van der Waals surface area contributed by atoms with E-state index in [1.54, 1.807) is 6.07 Å². The first-order valence-corrected chi connectivity index (χ1v) is 8.65. The van der Waals surface area contributed by atoms with Crippen LogP contribution in [0, 0.1) is 5.82 Å². The molecule has 1 aliphatic carbocycles. The third-order valence-electron chi connectivity index (χ3n) is 4.48. The molecular formula is C19H20BrF. The van der Waals surface area contributed by atoms with E-state index in [-0.39, 0.29) is 10.6 Å². The molecule has 0 bridgehead atoms. The fourth-order valence-electron chi connectivity index (χ4n) is 3.23. The molecule has 0 amide bonds. The summed E-state index contributed by atoms with van der Waals surface area (Å²) < 4.78 is 13.9. The molecule has 3 rings (SSSR count). The molecule has 0 N–H and O–H groups in total. The normalized spacial score (nSPS) is 17.6. The largest absolute Gasteiger partial charge is 0.207 e. The Morgan fingerprint density at radius 3 is 2.24 bits per heavy atom. The van der Waals surface area contributed by atoms with Gasteiger partial charge in [0.05, 0.1) is 4.83 Å². The average Bonchev–Trinajstić information content (AvgIpc) is 2.56. The maximum absolute atomic E-state index is 13.9. The van der Waals surface area contributed by atoms with Gasteiger partial charge in [-0.1, -0.05) is 77.7 Å². The van der Waals surface area contributed by atoms with Crippen molar-refractivity contribution < 1.29 is 4.39 Å². The fraction of sp³-hybridized carbons (Fsp3) is 0.368. The van der Waals surface area contributed by atoms with Crippen molar-refractivity contribution in [1.29, 1.82) is 0 Å². The first-order chi connectivity index (χ1) is 10.3. The van der Waals surface area contributed by atoms with Crippen molar-refractivity contribution >= 4 is 15.9 Å². The zero-order chi connectivity index (χ0) is 14.7. The van der Waals surface area contributed by atoms with E-state index in [1.165, 1.54) is 43.7 Å². The summed E-state index contributed by atoms with van der Waals surface area (Å²) >= 11 is 3.63. The maximum Gasteiger partial charge on any atom is 0.127 e. The van der Waals surface area contributed by atoms with Gasteiger partial charge in [0.1, 0.15) is 5.82 Å². The van der Waals surface area contributed by atoms with Crippen LogP contribution in [-0.4, -0.2) is 0 Å². The minimum absolute atomic E-state index is 0.0842. The van der Waals surface area contributed by atoms with Crippen LogP contribution in [0.3, 0.4) is 0 Å². The van der Waals surface area contributed by atoms with Gasteiger partial charge in [0.2, 0.25) is 0 Å². The topological polar surface area (TPSA) is 0 Å². The Labute approximate surface area is 134 Å². The van der Waals surface area contributed by atoms with Crippen LogP contribution in [-0.2, 0) is 0 Å². The second-order valence-corrected chi connectivity index (χ2v) is 6.80. The molecule has 1 unspecified atom stereocenters. The van der Waals surface area contributed by atoms with Crippen LogP contribution in [0.15, 0.2) is 48.5 Å². The lowest BCUT2D eigenvalue weighted by molar-refractivity contribution is 0.443. The van der Waals surface area contributed by atoms with Crippen LogP contribution >= 0.6 is 15.9 Å². The van der Waals surface area contributed by atoms with Gasteiger partial charge < -0.3 is 0 Å².